The number of hydrogen-bond acceptors (Lipinski definition) is 3. The number of rotatable bonds is 1. The Hall–Kier alpha value is -1.85. The number of nitrogens with zero attached hydrogens (tertiary/aromatic N) is 2. The summed E-state index contributed by atoms with van der Waals surface area (Å²) in [5.74, 6) is -0.109. The summed E-state index contributed by atoms with van der Waals surface area (Å²) in [4.78, 5) is 14.0. The second-order valence-electron chi connectivity index (χ2n) is 2.19. The van der Waals surface area contributed by atoms with Gasteiger partial charge in [-0.2, -0.15) is 5.32 Å². The maximum atomic E-state index is 11.1. The molecule has 0 bridgehead atoms. The lowest BCUT2D eigenvalue weighted by molar-refractivity contribution is -0.599. The number of carbonyl (C=O) groups excluding carboxylic acids is 1. The molecule has 0 spiro atoms. The Balaban J connectivity index is 3.00. The number of anilines is 1. The van der Waals surface area contributed by atoms with Gasteiger partial charge in [0.25, 0.3) is 0 Å². The van der Waals surface area contributed by atoms with E-state index in [1.165, 1.54) is 12.3 Å². The van der Waals surface area contributed by atoms with E-state index in [0.29, 0.717) is 10.4 Å². The molecule has 0 aliphatic rings. The highest BCUT2D eigenvalue weighted by Gasteiger charge is 2.09. The van der Waals surface area contributed by atoms with Crippen molar-refractivity contribution < 1.29 is 9.52 Å². The molecule has 2 amide bonds. The maximum absolute atomic E-state index is 11.1. The predicted octanol–water partition coefficient (Wildman–Crippen LogP) is -0.486. The second kappa shape index (κ2) is 3.04. The van der Waals surface area contributed by atoms with Crippen molar-refractivity contribution in [3.05, 3.63) is 23.2 Å². The molecule has 0 aliphatic heterocycles. The third-order valence-corrected chi connectivity index (χ3v) is 1.26. The lowest BCUT2D eigenvalue weighted by Crippen LogP contribution is -2.38. The van der Waals surface area contributed by atoms with E-state index in [0.717, 1.165) is 0 Å². The Kier molecular flexibility index (Phi) is 2.09. The number of nitrogens with one attached hydrogen (secondary N) is 1. The molecule has 0 fully saturated rings. The van der Waals surface area contributed by atoms with E-state index in [1.54, 1.807) is 6.92 Å². The molecule has 1 heterocycles. The van der Waals surface area contributed by atoms with Gasteiger partial charge in [-0.1, -0.05) is 4.98 Å². The summed E-state index contributed by atoms with van der Waals surface area (Å²) in [6.07, 6.45) is 1.41. The van der Waals surface area contributed by atoms with Crippen LogP contribution in [0.1, 0.15) is 5.69 Å². The third kappa shape index (κ3) is 1.60. The summed E-state index contributed by atoms with van der Waals surface area (Å²) in [5, 5.41) is 13.2. The molecular weight excluding hydrogens is 160 g/mol. The fourth-order valence-corrected chi connectivity index (χ4v) is 0.696. The van der Waals surface area contributed by atoms with Crippen LogP contribution in [-0.4, -0.2) is 11.0 Å². The second-order valence-corrected chi connectivity index (χ2v) is 2.19. The SMILES string of the molecule is Cc1ccnc(NC(N)=O)[n+]1[O-]. The minimum Gasteiger partial charge on any atom is -0.740 e. The highest BCUT2D eigenvalue weighted by atomic mass is 16.5. The first kappa shape index (κ1) is 8.25. The molecule has 0 radical (unpaired) electrons. The van der Waals surface area contributed by atoms with Gasteiger partial charge in [0.1, 0.15) is 6.20 Å². The first-order valence-electron chi connectivity index (χ1n) is 3.23. The van der Waals surface area contributed by atoms with Gasteiger partial charge in [-0.15, -0.1) is 0 Å². The van der Waals surface area contributed by atoms with Crippen molar-refractivity contribution in [1.82, 2.24) is 4.98 Å². The van der Waals surface area contributed by atoms with Crippen molar-refractivity contribution >= 4 is 12.0 Å². The molecule has 1 aromatic rings. The number of urea groups is 1. The van der Waals surface area contributed by atoms with Gasteiger partial charge < -0.3 is 10.9 Å². The summed E-state index contributed by atoms with van der Waals surface area (Å²) >= 11 is 0. The molecule has 0 unspecified atom stereocenters. The molecule has 1 aromatic heterocycles. The summed E-state index contributed by atoms with van der Waals surface area (Å²) in [6, 6.07) is 0.719. The zero-order valence-corrected chi connectivity index (χ0v) is 6.44. The zero-order chi connectivity index (χ0) is 9.14. The molecule has 6 nitrogen and oxygen atoms in total. The molecule has 1 rings (SSSR count). The van der Waals surface area contributed by atoms with Crippen LogP contribution in [0.25, 0.3) is 0 Å². The monoisotopic (exact) mass is 168 g/mol. The van der Waals surface area contributed by atoms with Crippen LogP contribution in [0.4, 0.5) is 10.7 Å². The van der Waals surface area contributed by atoms with E-state index in [1.807, 2.05) is 0 Å². The van der Waals surface area contributed by atoms with Crippen molar-refractivity contribution in [3.63, 3.8) is 0 Å². The Morgan fingerprint density at radius 3 is 3.08 bits per heavy atom. The van der Waals surface area contributed by atoms with Crippen molar-refractivity contribution in [2.45, 2.75) is 6.92 Å². The summed E-state index contributed by atoms with van der Waals surface area (Å²) in [6.45, 7) is 1.60. The van der Waals surface area contributed by atoms with Crippen molar-refractivity contribution in [2.24, 2.45) is 5.73 Å². The Morgan fingerprint density at radius 2 is 2.50 bits per heavy atom. The lowest BCUT2D eigenvalue weighted by Gasteiger charge is -2.08. The number of nitrogens with two attached hydrogens (primary N) is 1. The summed E-state index contributed by atoms with van der Waals surface area (Å²) in [7, 11) is 0. The lowest BCUT2D eigenvalue weighted by atomic mass is 10.5. The number of primary amides is 1. The van der Waals surface area contributed by atoms with Gasteiger partial charge in [-0.3, -0.25) is 0 Å². The van der Waals surface area contributed by atoms with Crippen LogP contribution in [0.3, 0.4) is 0 Å². The van der Waals surface area contributed by atoms with Crippen LogP contribution >= 0.6 is 0 Å². The average Bonchev–Trinajstić information content (AvgIpc) is 1.98. The number of aryl methyl sites for hydroxylation is 1. The fraction of sp³-hybridized carbons (Fsp3) is 0.167. The van der Waals surface area contributed by atoms with Gasteiger partial charge in [0.2, 0.25) is 0 Å². The molecule has 0 aliphatic carbocycles. The Labute approximate surface area is 68.6 Å². The molecule has 0 saturated carbocycles. The first-order chi connectivity index (χ1) is 5.61. The minimum atomic E-state index is -0.808. The Morgan fingerprint density at radius 1 is 1.83 bits per heavy atom. The van der Waals surface area contributed by atoms with Crippen molar-refractivity contribution in [3.8, 4) is 0 Å². The quantitative estimate of drug-likeness (QED) is 0.437. The third-order valence-electron chi connectivity index (χ3n) is 1.26. The first-order valence-corrected chi connectivity index (χ1v) is 3.23. The fourth-order valence-electron chi connectivity index (χ4n) is 0.696. The van der Waals surface area contributed by atoms with E-state index in [-0.39, 0.29) is 5.95 Å². The number of hydrogen-bond donors (Lipinski definition) is 2. The van der Waals surface area contributed by atoms with Crippen LogP contribution < -0.4 is 15.8 Å². The minimum absolute atomic E-state index is 0.109. The highest BCUT2D eigenvalue weighted by molar-refractivity contribution is 5.84. The van der Waals surface area contributed by atoms with Gasteiger partial charge in [-0.25, -0.2) is 9.52 Å². The molecule has 0 atom stereocenters. The normalized spacial score (nSPS) is 9.42. The number of carbonyl (C=O) groups is 1. The van der Waals surface area contributed by atoms with Crippen LogP contribution in [0.2, 0.25) is 0 Å². The largest absolute Gasteiger partial charge is 0.740 e. The standard InChI is InChI=1S/C6H8N4O2/c1-4-2-3-8-6(10(4)12)9-5(7)11/h2-3H,1H3,(H3,7,8,9,11). The average molecular weight is 168 g/mol. The van der Waals surface area contributed by atoms with Gasteiger partial charge >= 0.3 is 12.0 Å². The molecule has 64 valence electrons. The molecule has 0 aromatic carbocycles. The summed E-state index contributed by atoms with van der Waals surface area (Å²) < 4.78 is 0.491. The number of amides is 2. The predicted molar refractivity (Wildman–Crippen MR) is 41.1 cm³/mol. The van der Waals surface area contributed by atoms with E-state index in [2.05, 4.69) is 10.3 Å². The van der Waals surface area contributed by atoms with E-state index in [9.17, 15) is 10.0 Å². The zero-order valence-electron chi connectivity index (χ0n) is 6.44. The molecule has 3 N–H and O–H groups in total. The van der Waals surface area contributed by atoms with Gasteiger partial charge in [0.15, 0.2) is 0 Å². The van der Waals surface area contributed by atoms with Crippen LogP contribution in [0.5, 0.6) is 0 Å². The topological polar surface area (TPSA) is 94.9 Å². The van der Waals surface area contributed by atoms with Crippen molar-refractivity contribution in [2.75, 3.05) is 5.32 Å². The smallest absolute Gasteiger partial charge is 0.400 e. The molecule has 12 heavy (non-hydrogen) atoms. The maximum Gasteiger partial charge on any atom is 0.400 e. The van der Waals surface area contributed by atoms with Gasteiger partial charge in [-0.05, 0) is 6.92 Å². The van der Waals surface area contributed by atoms with Crippen LogP contribution in [-0.2, 0) is 0 Å². The van der Waals surface area contributed by atoms with E-state index < -0.39 is 6.03 Å². The summed E-state index contributed by atoms with van der Waals surface area (Å²) in [5.41, 5.74) is 5.24. The van der Waals surface area contributed by atoms with Gasteiger partial charge in [0, 0.05) is 6.07 Å². The van der Waals surface area contributed by atoms with Crippen LogP contribution in [0, 0.1) is 12.1 Å². The molecule has 0 saturated heterocycles. The highest BCUT2D eigenvalue weighted by Crippen LogP contribution is 1.94. The molecular formula is C6H8N4O2. The van der Waals surface area contributed by atoms with Gasteiger partial charge in [0.05, 0.1) is 5.69 Å². The van der Waals surface area contributed by atoms with Crippen LogP contribution in [0.15, 0.2) is 12.3 Å². The van der Waals surface area contributed by atoms with E-state index in [4.69, 9.17) is 5.73 Å². The van der Waals surface area contributed by atoms with Crippen molar-refractivity contribution in [1.29, 1.82) is 0 Å². The Bertz CT molecular complexity index is 312. The van der Waals surface area contributed by atoms with E-state index >= 15 is 0 Å². The number of aromatic nitrogens is 2. The molecule has 6 heteroatoms.